The molecule has 2 fully saturated rings. The highest BCUT2D eigenvalue weighted by Crippen LogP contribution is 2.23. The summed E-state index contributed by atoms with van der Waals surface area (Å²) >= 11 is 1.79. The van der Waals surface area contributed by atoms with E-state index in [1.807, 2.05) is 17.0 Å². The Morgan fingerprint density at radius 1 is 1.40 bits per heavy atom. The predicted molar refractivity (Wildman–Crippen MR) is 99.0 cm³/mol. The van der Waals surface area contributed by atoms with Crippen molar-refractivity contribution in [2.24, 2.45) is 5.92 Å². The number of para-hydroxylation sites is 2. The molecule has 2 aliphatic rings. The molecule has 0 unspecified atom stereocenters. The van der Waals surface area contributed by atoms with Crippen LogP contribution in [0.5, 0.6) is 5.75 Å². The van der Waals surface area contributed by atoms with Gasteiger partial charge in [-0.05, 0) is 24.5 Å². The molecular weight excluding hydrogens is 340 g/mol. The zero-order chi connectivity index (χ0) is 17.6. The monoisotopic (exact) mass is 364 g/mol. The Balaban J connectivity index is 1.43. The summed E-state index contributed by atoms with van der Waals surface area (Å²) in [5.41, 5.74) is 0.631. The Labute approximate surface area is 151 Å². The molecule has 2 aliphatic heterocycles. The lowest BCUT2D eigenvalue weighted by Crippen LogP contribution is -2.42. The summed E-state index contributed by atoms with van der Waals surface area (Å²) in [6, 6.07) is 6.88. The number of benzene rings is 1. The van der Waals surface area contributed by atoms with Gasteiger partial charge in [-0.2, -0.15) is 0 Å². The molecule has 2 heterocycles. The van der Waals surface area contributed by atoms with Gasteiger partial charge in [0.1, 0.15) is 5.75 Å². The summed E-state index contributed by atoms with van der Waals surface area (Å²) in [5.74, 6) is 2.88. The van der Waals surface area contributed by atoms with Gasteiger partial charge in [-0.15, -0.1) is 11.8 Å². The van der Waals surface area contributed by atoms with E-state index in [1.165, 1.54) is 0 Å². The molecular formula is C17H24N4O3S. The van der Waals surface area contributed by atoms with E-state index < -0.39 is 0 Å². The third-order valence-electron chi connectivity index (χ3n) is 4.49. The first-order valence-corrected chi connectivity index (χ1v) is 9.60. The van der Waals surface area contributed by atoms with Crippen LogP contribution in [-0.2, 0) is 4.79 Å². The summed E-state index contributed by atoms with van der Waals surface area (Å²) in [7, 11) is 1.57. The second kappa shape index (κ2) is 8.44. The van der Waals surface area contributed by atoms with Crippen molar-refractivity contribution in [2.75, 3.05) is 43.7 Å². The van der Waals surface area contributed by atoms with Crippen molar-refractivity contribution in [1.29, 1.82) is 0 Å². The van der Waals surface area contributed by atoms with Crippen LogP contribution in [0.4, 0.5) is 10.5 Å². The predicted octanol–water partition coefficient (Wildman–Crippen LogP) is 1.33. The fourth-order valence-corrected chi connectivity index (χ4v) is 4.07. The Hall–Kier alpha value is -1.93. The molecule has 2 atom stereocenters. The molecule has 136 valence electrons. The van der Waals surface area contributed by atoms with Crippen molar-refractivity contribution in [3.05, 3.63) is 24.3 Å². The molecule has 3 N–H and O–H groups in total. The van der Waals surface area contributed by atoms with Crippen LogP contribution in [-0.4, -0.2) is 61.3 Å². The summed E-state index contributed by atoms with van der Waals surface area (Å²) in [5, 5.41) is 8.95. The van der Waals surface area contributed by atoms with E-state index in [9.17, 15) is 9.59 Å². The number of amides is 3. The molecule has 0 aromatic heterocycles. The van der Waals surface area contributed by atoms with Crippen LogP contribution in [0.2, 0.25) is 0 Å². The van der Waals surface area contributed by atoms with Gasteiger partial charge in [-0.3, -0.25) is 4.79 Å². The van der Waals surface area contributed by atoms with Crippen molar-refractivity contribution in [1.82, 2.24) is 15.5 Å². The van der Waals surface area contributed by atoms with Gasteiger partial charge in [-0.25, -0.2) is 4.79 Å². The van der Waals surface area contributed by atoms with Crippen molar-refractivity contribution < 1.29 is 14.3 Å². The molecule has 0 aliphatic carbocycles. The zero-order valence-electron chi connectivity index (χ0n) is 14.3. The van der Waals surface area contributed by atoms with E-state index in [1.54, 1.807) is 31.0 Å². The van der Waals surface area contributed by atoms with Gasteiger partial charge in [0.25, 0.3) is 0 Å². The smallest absolute Gasteiger partial charge is 0.319 e. The molecule has 3 amide bonds. The van der Waals surface area contributed by atoms with Crippen LogP contribution in [0.25, 0.3) is 0 Å². The minimum absolute atomic E-state index is 0.122. The lowest BCUT2D eigenvalue weighted by molar-refractivity contribution is -0.131. The van der Waals surface area contributed by atoms with Gasteiger partial charge in [0, 0.05) is 25.4 Å². The standard InChI is InChI=1S/C17H24N4O3S/c1-24-15-5-3-2-4-13(15)20-17(23)19-10-12-8-14(18-9-12)16(22)21-6-7-25-11-21/h2-5,12,14,18H,6-11H2,1H3,(H2,19,20,23)/t12-,14-/m0/s1. The van der Waals surface area contributed by atoms with E-state index >= 15 is 0 Å². The van der Waals surface area contributed by atoms with Crippen LogP contribution in [0.1, 0.15) is 6.42 Å². The van der Waals surface area contributed by atoms with E-state index in [4.69, 9.17) is 4.74 Å². The first-order chi connectivity index (χ1) is 12.2. The fourth-order valence-electron chi connectivity index (χ4n) is 3.11. The number of nitrogens with one attached hydrogen (secondary N) is 3. The Kier molecular flexibility index (Phi) is 6.04. The summed E-state index contributed by atoms with van der Waals surface area (Å²) in [4.78, 5) is 26.4. The molecule has 7 nitrogen and oxygen atoms in total. The molecule has 2 saturated heterocycles. The topological polar surface area (TPSA) is 82.7 Å². The quantitative estimate of drug-likeness (QED) is 0.734. The maximum atomic E-state index is 12.4. The molecule has 1 aromatic carbocycles. The third-order valence-corrected chi connectivity index (χ3v) is 5.46. The molecule has 0 spiro atoms. The molecule has 25 heavy (non-hydrogen) atoms. The van der Waals surface area contributed by atoms with Gasteiger partial charge in [0.15, 0.2) is 0 Å². The summed E-state index contributed by atoms with van der Waals surface area (Å²) < 4.78 is 5.22. The second-order valence-corrected chi connectivity index (χ2v) is 7.31. The SMILES string of the molecule is COc1ccccc1NC(=O)NC[C@@H]1CN[C@H](C(=O)N2CCSC2)C1. The number of hydrogen-bond acceptors (Lipinski definition) is 5. The van der Waals surface area contributed by atoms with Crippen LogP contribution in [0, 0.1) is 5.92 Å². The second-order valence-electron chi connectivity index (χ2n) is 6.24. The van der Waals surface area contributed by atoms with Crippen molar-refractivity contribution >= 4 is 29.4 Å². The van der Waals surface area contributed by atoms with Crippen LogP contribution < -0.4 is 20.7 Å². The number of carbonyl (C=O) groups is 2. The van der Waals surface area contributed by atoms with Gasteiger partial charge < -0.3 is 25.6 Å². The largest absolute Gasteiger partial charge is 0.495 e. The number of anilines is 1. The lowest BCUT2D eigenvalue weighted by Gasteiger charge is -2.19. The Morgan fingerprint density at radius 2 is 2.24 bits per heavy atom. The molecule has 0 radical (unpaired) electrons. The van der Waals surface area contributed by atoms with E-state index in [0.29, 0.717) is 18.0 Å². The first kappa shape index (κ1) is 17.9. The number of nitrogens with zero attached hydrogens (tertiary/aromatic N) is 1. The number of rotatable bonds is 5. The number of urea groups is 1. The number of methoxy groups -OCH3 is 1. The number of thioether (sulfide) groups is 1. The van der Waals surface area contributed by atoms with Gasteiger partial charge in [0.2, 0.25) is 5.91 Å². The number of carbonyl (C=O) groups excluding carboxylic acids is 2. The van der Waals surface area contributed by atoms with E-state index in [-0.39, 0.29) is 23.9 Å². The summed E-state index contributed by atoms with van der Waals surface area (Å²) in [6.45, 7) is 2.12. The van der Waals surface area contributed by atoms with Crippen molar-refractivity contribution in [3.63, 3.8) is 0 Å². The fraction of sp³-hybridized carbons (Fsp3) is 0.529. The number of ether oxygens (including phenoxy) is 1. The van der Waals surface area contributed by atoms with Gasteiger partial charge in [0.05, 0.1) is 24.7 Å². The Bertz CT molecular complexity index is 622. The highest BCUT2D eigenvalue weighted by Gasteiger charge is 2.33. The highest BCUT2D eigenvalue weighted by molar-refractivity contribution is 7.99. The molecule has 1 aromatic rings. The van der Waals surface area contributed by atoms with Crippen molar-refractivity contribution in [2.45, 2.75) is 12.5 Å². The van der Waals surface area contributed by atoms with E-state index in [0.717, 1.165) is 31.1 Å². The van der Waals surface area contributed by atoms with E-state index in [2.05, 4.69) is 16.0 Å². The Morgan fingerprint density at radius 3 is 3.00 bits per heavy atom. The number of hydrogen-bond donors (Lipinski definition) is 3. The minimum atomic E-state index is -0.268. The van der Waals surface area contributed by atoms with Crippen molar-refractivity contribution in [3.8, 4) is 5.75 Å². The molecule has 8 heteroatoms. The highest BCUT2D eigenvalue weighted by atomic mass is 32.2. The maximum Gasteiger partial charge on any atom is 0.319 e. The molecule has 0 saturated carbocycles. The van der Waals surface area contributed by atoms with Crippen LogP contribution >= 0.6 is 11.8 Å². The average molecular weight is 364 g/mol. The normalized spacial score (nSPS) is 22.7. The first-order valence-electron chi connectivity index (χ1n) is 8.45. The van der Waals surface area contributed by atoms with Crippen LogP contribution in [0.3, 0.4) is 0 Å². The molecule has 0 bridgehead atoms. The minimum Gasteiger partial charge on any atom is -0.495 e. The summed E-state index contributed by atoms with van der Waals surface area (Å²) in [6.07, 6.45) is 0.759. The van der Waals surface area contributed by atoms with Crippen LogP contribution in [0.15, 0.2) is 24.3 Å². The van der Waals surface area contributed by atoms with Gasteiger partial charge >= 0.3 is 6.03 Å². The zero-order valence-corrected chi connectivity index (χ0v) is 15.1. The third kappa shape index (κ3) is 4.58. The maximum absolute atomic E-state index is 12.4. The average Bonchev–Trinajstić information content (AvgIpc) is 3.32. The molecule has 3 rings (SSSR count). The lowest BCUT2D eigenvalue weighted by atomic mass is 10.1. The van der Waals surface area contributed by atoms with Gasteiger partial charge in [-0.1, -0.05) is 12.1 Å².